The van der Waals surface area contributed by atoms with Gasteiger partial charge in [-0.3, -0.25) is 19.5 Å². The van der Waals surface area contributed by atoms with Crippen molar-refractivity contribution >= 4 is 11.8 Å². The molecule has 6 nitrogen and oxygen atoms in total. The van der Waals surface area contributed by atoms with Gasteiger partial charge in [-0.15, -0.1) is 0 Å². The molecule has 0 spiro atoms. The largest absolute Gasteiger partial charge is 0.343 e. The van der Waals surface area contributed by atoms with Gasteiger partial charge in [0.25, 0.3) is 0 Å². The molecule has 1 aromatic heterocycles. The maximum atomic E-state index is 12.3. The van der Waals surface area contributed by atoms with Gasteiger partial charge in [0.2, 0.25) is 11.8 Å². The highest BCUT2D eigenvalue weighted by molar-refractivity contribution is 5.78. The zero-order chi connectivity index (χ0) is 16.8. The van der Waals surface area contributed by atoms with Crippen molar-refractivity contribution in [1.29, 1.82) is 0 Å². The van der Waals surface area contributed by atoms with E-state index in [1.807, 2.05) is 22.1 Å². The Kier molecular flexibility index (Phi) is 5.80. The van der Waals surface area contributed by atoms with E-state index in [1.54, 1.807) is 6.20 Å². The molecule has 2 amide bonds. The summed E-state index contributed by atoms with van der Waals surface area (Å²) in [6.07, 6.45) is 6.65. The minimum absolute atomic E-state index is 0.225. The number of aromatic nitrogens is 1. The van der Waals surface area contributed by atoms with E-state index < -0.39 is 0 Å². The fraction of sp³-hybridized carbons (Fsp3) is 0.611. The van der Waals surface area contributed by atoms with Gasteiger partial charge in [0.15, 0.2) is 0 Å². The van der Waals surface area contributed by atoms with E-state index in [4.69, 9.17) is 0 Å². The molecule has 130 valence electrons. The van der Waals surface area contributed by atoms with Crippen LogP contribution in [0.5, 0.6) is 0 Å². The molecule has 2 saturated heterocycles. The van der Waals surface area contributed by atoms with Crippen molar-refractivity contribution in [3.63, 3.8) is 0 Å². The standard InChI is InChI=1S/C18H26N4O2/c23-17-5-2-8-21(17)9-3-6-18(24)22-12-10-20(11-13-22)15-16-4-1-7-19-14-16/h1,4,7,14H,2-3,5-6,8-13,15H2. The summed E-state index contributed by atoms with van der Waals surface area (Å²) in [6, 6.07) is 4.05. The number of carbonyl (C=O) groups is 2. The first-order chi connectivity index (χ1) is 11.7. The van der Waals surface area contributed by atoms with Crippen LogP contribution >= 0.6 is 0 Å². The second-order valence-electron chi connectivity index (χ2n) is 6.61. The Hall–Kier alpha value is -1.95. The predicted octanol–water partition coefficient (Wildman–Crippen LogP) is 1.13. The van der Waals surface area contributed by atoms with Crippen LogP contribution in [0.3, 0.4) is 0 Å². The minimum atomic E-state index is 0.225. The number of hydrogen-bond acceptors (Lipinski definition) is 4. The first kappa shape index (κ1) is 16.9. The van der Waals surface area contributed by atoms with Crippen molar-refractivity contribution in [3.05, 3.63) is 30.1 Å². The third-order valence-corrected chi connectivity index (χ3v) is 4.84. The van der Waals surface area contributed by atoms with Crippen LogP contribution in [0.2, 0.25) is 0 Å². The number of pyridine rings is 1. The Bertz CT molecular complexity index is 555. The molecule has 2 fully saturated rings. The summed E-state index contributed by atoms with van der Waals surface area (Å²) in [7, 11) is 0. The lowest BCUT2D eigenvalue weighted by Gasteiger charge is -2.34. The van der Waals surface area contributed by atoms with Crippen LogP contribution in [0, 0.1) is 0 Å². The molecule has 0 atom stereocenters. The summed E-state index contributed by atoms with van der Waals surface area (Å²) in [5.74, 6) is 0.467. The number of nitrogens with zero attached hydrogens (tertiary/aromatic N) is 4. The number of carbonyl (C=O) groups excluding carboxylic acids is 2. The Morgan fingerprint density at radius 3 is 2.67 bits per heavy atom. The van der Waals surface area contributed by atoms with E-state index in [0.29, 0.717) is 12.8 Å². The van der Waals surface area contributed by atoms with E-state index in [9.17, 15) is 9.59 Å². The molecule has 1 aromatic rings. The summed E-state index contributed by atoms with van der Waals surface area (Å²) in [5, 5.41) is 0. The molecule has 0 radical (unpaired) electrons. The maximum absolute atomic E-state index is 12.3. The lowest BCUT2D eigenvalue weighted by molar-refractivity contribution is -0.134. The van der Waals surface area contributed by atoms with Crippen LogP contribution in [0.15, 0.2) is 24.5 Å². The van der Waals surface area contributed by atoms with Gasteiger partial charge in [0, 0.05) is 71.0 Å². The Morgan fingerprint density at radius 2 is 2.00 bits per heavy atom. The number of rotatable bonds is 6. The molecule has 24 heavy (non-hydrogen) atoms. The third-order valence-electron chi connectivity index (χ3n) is 4.84. The van der Waals surface area contributed by atoms with Gasteiger partial charge in [0.05, 0.1) is 0 Å². The van der Waals surface area contributed by atoms with Gasteiger partial charge in [-0.1, -0.05) is 6.07 Å². The van der Waals surface area contributed by atoms with Crippen LogP contribution in [-0.4, -0.2) is 70.8 Å². The lowest BCUT2D eigenvalue weighted by atomic mass is 10.2. The van der Waals surface area contributed by atoms with Gasteiger partial charge >= 0.3 is 0 Å². The molecular weight excluding hydrogens is 304 g/mol. The Morgan fingerprint density at radius 1 is 1.17 bits per heavy atom. The summed E-state index contributed by atoms with van der Waals surface area (Å²) < 4.78 is 0. The monoisotopic (exact) mass is 330 g/mol. The highest BCUT2D eigenvalue weighted by Gasteiger charge is 2.22. The quantitative estimate of drug-likeness (QED) is 0.785. The zero-order valence-corrected chi connectivity index (χ0v) is 14.2. The Labute approximate surface area is 143 Å². The van der Waals surface area contributed by atoms with Gasteiger partial charge in [-0.2, -0.15) is 0 Å². The number of piperazine rings is 1. The first-order valence-corrected chi connectivity index (χ1v) is 8.89. The van der Waals surface area contributed by atoms with E-state index in [-0.39, 0.29) is 11.8 Å². The van der Waals surface area contributed by atoms with E-state index in [2.05, 4.69) is 16.0 Å². The molecule has 0 saturated carbocycles. The van der Waals surface area contributed by atoms with Crippen LogP contribution < -0.4 is 0 Å². The van der Waals surface area contributed by atoms with Crippen molar-refractivity contribution in [2.45, 2.75) is 32.2 Å². The van der Waals surface area contributed by atoms with Gasteiger partial charge < -0.3 is 9.80 Å². The zero-order valence-electron chi connectivity index (χ0n) is 14.2. The lowest BCUT2D eigenvalue weighted by Crippen LogP contribution is -2.48. The highest BCUT2D eigenvalue weighted by atomic mass is 16.2. The van der Waals surface area contributed by atoms with Crippen LogP contribution in [0.4, 0.5) is 0 Å². The van der Waals surface area contributed by atoms with Crippen LogP contribution in [0.1, 0.15) is 31.2 Å². The van der Waals surface area contributed by atoms with Crippen molar-refractivity contribution in [3.8, 4) is 0 Å². The average molecular weight is 330 g/mol. The normalized spacial score (nSPS) is 19.1. The van der Waals surface area contributed by atoms with Crippen LogP contribution in [0.25, 0.3) is 0 Å². The molecule has 6 heteroatoms. The van der Waals surface area contributed by atoms with Crippen molar-refractivity contribution in [2.24, 2.45) is 0 Å². The van der Waals surface area contributed by atoms with Gasteiger partial charge in [-0.05, 0) is 24.5 Å². The number of hydrogen-bond donors (Lipinski definition) is 0. The molecule has 0 aliphatic carbocycles. The predicted molar refractivity (Wildman–Crippen MR) is 91.1 cm³/mol. The molecule has 0 unspecified atom stereocenters. The summed E-state index contributed by atoms with van der Waals surface area (Å²) in [5.41, 5.74) is 1.22. The Balaban J connectivity index is 1.35. The fourth-order valence-corrected chi connectivity index (χ4v) is 3.42. The molecule has 3 heterocycles. The second kappa shape index (κ2) is 8.24. The van der Waals surface area contributed by atoms with E-state index >= 15 is 0 Å². The molecule has 3 rings (SSSR count). The molecule has 0 bridgehead atoms. The molecule has 2 aliphatic rings. The smallest absolute Gasteiger partial charge is 0.222 e. The molecule has 0 aromatic carbocycles. The van der Waals surface area contributed by atoms with E-state index in [0.717, 1.165) is 58.7 Å². The second-order valence-corrected chi connectivity index (χ2v) is 6.61. The first-order valence-electron chi connectivity index (χ1n) is 8.89. The van der Waals surface area contributed by atoms with Crippen LogP contribution in [-0.2, 0) is 16.1 Å². The summed E-state index contributed by atoms with van der Waals surface area (Å²) in [6.45, 7) is 5.89. The van der Waals surface area contributed by atoms with Gasteiger partial charge in [-0.25, -0.2) is 0 Å². The molecular formula is C18H26N4O2. The fourth-order valence-electron chi connectivity index (χ4n) is 3.42. The van der Waals surface area contributed by atoms with E-state index in [1.165, 1.54) is 5.56 Å². The summed E-state index contributed by atoms with van der Waals surface area (Å²) >= 11 is 0. The van der Waals surface area contributed by atoms with Crippen molar-refractivity contribution < 1.29 is 9.59 Å². The maximum Gasteiger partial charge on any atom is 0.222 e. The van der Waals surface area contributed by atoms with Crippen molar-refractivity contribution in [2.75, 3.05) is 39.3 Å². The molecule has 2 aliphatic heterocycles. The number of amides is 2. The minimum Gasteiger partial charge on any atom is -0.343 e. The number of likely N-dealkylation sites (tertiary alicyclic amines) is 1. The highest BCUT2D eigenvalue weighted by Crippen LogP contribution is 2.12. The molecule has 0 N–H and O–H groups in total. The van der Waals surface area contributed by atoms with Gasteiger partial charge in [0.1, 0.15) is 0 Å². The SMILES string of the molecule is O=C1CCCN1CCCC(=O)N1CCN(Cc2cccnc2)CC1. The third kappa shape index (κ3) is 4.54. The van der Waals surface area contributed by atoms with Crippen molar-refractivity contribution in [1.82, 2.24) is 19.7 Å². The summed E-state index contributed by atoms with van der Waals surface area (Å²) in [4.78, 5) is 34.2. The average Bonchev–Trinajstić information content (AvgIpc) is 3.01. The topological polar surface area (TPSA) is 56.8 Å².